The van der Waals surface area contributed by atoms with E-state index < -0.39 is 16.0 Å². The quantitative estimate of drug-likeness (QED) is 0.687. The summed E-state index contributed by atoms with van der Waals surface area (Å²) in [5.41, 5.74) is 0.356. The molecule has 7 nitrogen and oxygen atoms in total. The molecule has 1 aromatic rings. The molecule has 0 bridgehead atoms. The Balaban J connectivity index is 3.37. The Morgan fingerprint density at radius 3 is 2.30 bits per heavy atom. The predicted octanol–water partition coefficient (Wildman–Crippen LogP) is 0.723. The summed E-state index contributed by atoms with van der Waals surface area (Å²) >= 11 is 0. The summed E-state index contributed by atoms with van der Waals surface area (Å²) in [6.07, 6.45) is 0.605. The van der Waals surface area contributed by atoms with Crippen molar-refractivity contribution in [1.29, 1.82) is 0 Å². The van der Waals surface area contributed by atoms with E-state index in [4.69, 9.17) is 10.2 Å². The van der Waals surface area contributed by atoms with Gasteiger partial charge >= 0.3 is 5.97 Å². The van der Waals surface area contributed by atoms with Crippen molar-refractivity contribution in [1.82, 2.24) is 9.29 Å². The maximum Gasteiger partial charge on any atom is 0.352 e. The maximum atomic E-state index is 12.6. The molecule has 0 radical (unpaired) electrons. The van der Waals surface area contributed by atoms with E-state index in [9.17, 15) is 13.2 Å². The molecule has 0 atom stereocenters. The fourth-order valence-corrected chi connectivity index (χ4v) is 4.11. The molecule has 20 heavy (non-hydrogen) atoms. The molecule has 3 N–H and O–H groups in total. The van der Waals surface area contributed by atoms with Gasteiger partial charge in [0.15, 0.2) is 0 Å². The fourth-order valence-electron chi connectivity index (χ4n) is 2.18. The lowest BCUT2D eigenvalue weighted by Crippen LogP contribution is -2.34. The van der Waals surface area contributed by atoms with E-state index >= 15 is 0 Å². The van der Waals surface area contributed by atoms with Crippen LogP contribution in [0.2, 0.25) is 0 Å². The van der Waals surface area contributed by atoms with Crippen LogP contribution in [0.15, 0.2) is 4.90 Å². The minimum absolute atomic E-state index is 0.0113. The number of hydrogen-bond acceptors (Lipinski definition) is 4. The lowest BCUT2D eigenvalue weighted by molar-refractivity contribution is 0.0690. The maximum absolute atomic E-state index is 12.6. The molecular weight excluding hydrogens is 284 g/mol. The van der Waals surface area contributed by atoms with E-state index in [-0.39, 0.29) is 35.8 Å². The normalized spacial score (nSPS) is 12.1. The SMILES string of the molecule is CCCN(CCO)S(=O)(=O)c1c(C)[nH]c(C(=O)O)c1C. The molecule has 114 valence electrons. The van der Waals surface area contributed by atoms with Gasteiger partial charge in [-0.15, -0.1) is 0 Å². The number of aliphatic hydroxyl groups excluding tert-OH is 1. The van der Waals surface area contributed by atoms with E-state index in [2.05, 4.69) is 4.98 Å². The lowest BCUT2D eigenvalue weighted by atomic mass is 10.2. The van der Waals surface area contributed by atoms with E-state index in [1.54, 1.807) is 0 Å². The Morgan fingerprint density at radius 1 is 1.30 bits per heavy atom. The molecule has 0 fully saturated rings. The van der Waals surface area contributed by atoms with Gasteiger partial charge in [0.1, 0.15) is 10.6 Å². The number of H-pyrrole nitrogens is 1. The van der Waals surface area contributed by atoms with E-state index in [0.717, 1.165) is 0 Å². The predicted molar refractivity (Wildman–Crippen MR) is 73.4 cm³/mol. The van der Waals surface area contributed by atoms with Crippen molar-refractivity contribution in [3.8, 4) is 0 Å². The smallest absolute Gasteiger partial charge is 0.352 e. The van der Waals surface area contributed by atoms with Crippen LogP contribution in [0.1, 0.15) is 35.1 Å². The Labute approximate surface area is 118 Å². The number of nitrogens with one attached hydrogen (secondary N) is 1. The van der Waals surface area contributed by atoms with Gasteiger partial charge < -0.3 is 15.2 Å². The number of aryl methyl sites for hydroxylation is 1. The van der Waals surface area contributed by atoms with Crippen LogP contribution in [0.5, 0.6) is 0 Å². The van der Waals surface area contributed by atoms with Crippen LogP contribution in [-0.4, -0.2) is 53.6 Å². The molecule has 1 aromatic heterocycles. The summed E-state index contributed by atoms with van der Waals surface area (Å²) in [6.45, 7) is 4.79. The van der Waals surface area contributed by atoms with Gasteiger partial charge in [-0.1, -0.05) is 6.92 Å². The van der Waals surface area contributed by atoms with Crippen LogP contribution in [0, 0.1) is 13.8 Å². The molecule has 0 saturated heterocycles. The summed E-state index contributed by atoms with van der Waals surface area (Å²) in [7, 11) is -3.82. The highest BCUT2D eigenvalue weighted by atomic mass is 32.2. The topological polar surface area (TPSA) is 111 Å². The first-order valence-corrected chi connectivity index (χ1v) is 7.74. The Bertz CT molecular complexity index is 585. The summed E-state index contributed by atoms with van der Waals surface area (Å²) in [6, 6.07) is 0. The minimum Gasteiger partial charge on any atom is -0.477 e. The number of carboxylic acids is 1. The highest BCUT2D eigenvalue weighted by Gasteiger charge is 2.30. The van der Waals surface area contributed by atoms with Gasteiger partial charge in [0.2, 0.25) is 10.0 Å². The molecule has 0 saturated carbocycles. The van der Waals surface area contributed by atoms with Crippen molar-refractivity contribution in [3.05, 3.63) is 17.0 Å². The van der Waals surface area contributed by atoms with Crippen LogP contribution < -0.4 is 0 Å². The van der Waals surface area contributed by atoms with Gasteiger partial charge in [-0.25, -0.2) is 13.2 Å². The first kappa shape index (κ1) is 16.7. The zero-order valence-electron chi connectivity index (χ0n) is 11.8. The van der Waals surface area contributed by atoms with Crippen LogP contribution in [-0.2, 0) is 10.0 Å². The zero-order chi connectivity index (χ0) is 15.5. The molecule has 1 rings (SSSR count). The van der Waals surface area contributed by atoms with Gasteiger partial charge in [-0.3, -0.25) is 0 Å². The third-order valence-corrected chi connectivity index (χ3v) is 5.18. The van der Waals surface area contributed by atoms with Crippen LogP contribution >= 0.6 is 0 Å². The number of hydrogen-bond donors (Lipinski definition) is 3. The van der Waals surface area contributed by atoms with Gasteiger partial charge in [-0.05, 0) is 20.3 Å². The molecule has 0 spiro atoms. The average molecular weight is 304 g/mol. The number of aromatic amines is 1. The second kappa shape index (κ2) is 6.38. The first-order valence-electron chi connectivity index (χ1n) is 6.30. The summed E-state index contributed by atoms with van der Waals surface area (Å²) in [4.78, 5) is 13.6. The number of aromatic nitrogens is 1. The van der Waals surface area contributed by atoms with Crippen LogP contribution in [0.3, 0.4) is 0 Å². The second-order valence-corrected chi connectivity index (χ2v) is 6.39. The number of aliphatic hydroxyl groups is 1. The third kappa shape index (κ3) is 3.02. The van der Waals surface area contributed by atoms with Crippen molar-refractivity contribution in [3.63, 3.8) is 0 Å². The molecule has 1 heterocycles. The van der Waals surface area contributed by atoms with Crippen LogP contribution in [0.4, 0.5) is 0 Å². The summed E-state index contributed by atoms with van der Waals surface area (Å²) < 4.78 is 26.4. The second-order valence-electron chi connectivity index (χ2n) is 4.51. The molecule has 0 aliphatic carbocycles. The van der Waals surface area contributed by atoms with Crippen molar-refractivity contribution in [2.24, 2.45) is 0 Å². The molecule has 0 aliphatic heterocycles. The highest BCUT2D eigenvalue weighted by molar-refractivity contribution is 7.89. The standard InChI is InChI=1S/C12H20N2O5S/c1-4-5-14(6-7-15)20(18,19)11-8(2)10(12(16)17)13-9(11)3/h13,15H,4-7H2,1-3H3,(H,16,17). The number of nitrogens with zero attached hydrogens (tertiary/aromatic N) is 1. The summed E-state index contributed by atoms with van der Waals surface area (Å²) in [5.74, 6) is -1.20. The molecule has 0 aromatic carbocycles. The average Bonchev–Trinajstić information content (AvgIpc) is 2.65. The third-order valence-electron chi connectivity index (χ3n) is 3.00. The number of rotatable bonds is 7. The number of carbonyl (C=O) groups is 1. The van der Waals surface area contributed by atoms with Gasteiger partial charge in [0.05, 0.1) is 6.61 Å². The molecule has 8 heteroatoms. The Morgan fingerprint density at radius 2 is 1.90 bits per heavy atom. The fraction of sp³-hybridized carbons (Fsp3) is 0.583. The van der Waals surface area contributed by atoms with E-state index in [1.807, 2.05) is 6.92 Å². The van der Waals surface area contributed by atoms with E-state index in [1.165, 1.54) is 18.2 Å². The zero-order valence-corrected chi connectivity index (χ0v) is 12.6. The van der Waals surface area contributed by atoms with Crippen LogP contribution in [0.25, 0.3) is 0 Å². The monoisotopic (exact) mass is 304 g/mol. The van der Waals surface area contributed by atoms with Crippen molar-refractivity contribution in [2.45, 2.75) is 32.1 Å². The van der Waals surface area contributed by atoms with Crippen molar-refractivity contribution < 1.29 is 23.4 Å². The molecule has 0 unspecified atom stereocenters. The minimum atomic E-state index is -3.82. The Kier molecular flexibility index (Phi) is 5.32. The largest absolute Gasteiger partial charge is 0.477 e. The van der Waals surface area contributed by atoms with Crippen molar-refractivity contribution >= 4 is 16.0 Å². The number of aromatic carboxylic acids is 1. The summed E-state index contributed by atoms with van der Waals surface area (Å²) in [5, 5.41) is 18.0. The molecular formula is C12H20N2O5S. The van der Waals surface area contributed by atoms with Gasteiger partial charge in [0, 0.05) is 24.3 Å². The molecule has 0 amide bonds. The Hall–Kier alpha value is -1.38. The van der Waals surface area contributed by atoms with Gasteiger partial charge in [0.25, 0.3) is 0 Å². The number of carboxylic acid groups (broad SMARTS) is 1. The lowest BCUT2D eigenvalue weighted by Gasteiger charge is -2.21. The highest BCUT2D eigenvalue weighted by Crippen LogP contribution is 2.26. The van der Waals surface area contributed by atoms with Crippen molar-refractivity contribution in [2.75, 3.05) is 19.7 Å². The first-order chi connectivity index (χ1) is 9.27. The van der Waals surface area contributed by atoms with Gasteiger partial charge in [-0.2, -0.15) is 4.31 Å². The number of sulfonamides is 1. The molecule has 0 aliphatic rings. The van der Waals surface area contributed by atoms with E-state index in [0.29, 0.717) is 12.1 Å².